The van der Waals surface area contributed by atoms with Crippen molar-refractivity contribution in [1.82, 2.24) is 4.90 Å². The number of amides is 1. The molecule has 2 N–H and O–H groups in total. The molecule has 0 aliphatic carbocycles. The summed E-state index contributed by atoms with van der Waals surface area (Å²) in [6.07, 6.45) is -2.26. The Morgan fingerprint density at radius 3 is 2.47 bits per heavy atom. The molecule has 19 heavy (non-hydrogen) atoms. The third-order valence-corrected chi connectivity index (χ3v) is 2.64. The molecule has 0 aromatic heterocycles. The predicted molar refractivity (Wildman–Crippen MR) is 66.6 cm³/mol. The van der Waals surface area contributed by atoms with E-state index < -0.39 is 24.7 Å². The molecule has 1 amide bonds. The number of hydrogen-bond donors (Lipinski definition) is 1. The number of halogens is 3. The topological polar surface area (TPSA) is 55.6 Å². The van der Waals surface area contributed by atoms with Gasteiger partial charge in [-0.15, -0.1) is 0 Å². The third-order valence-electron chi connectivity index (χ3n) is 2.64. The van der Waals surface area contributed by atoms with Gasteiger partial charge < -0.3 is 15.4 Å². The maximum atomic E-state index is 12.4. The quantitative estimate of drug-likeness (QED) is 0.658. The van der Waals surface area contributed by atoms with Gasteiger partial charge in [0.25, 0.3) is 0 Å². The van der Waals surface area contributed by atoms with Crippen LogP contribution in [0.4, 0.5) is 13.2 Å². The molecule has 1 atom stereocenters. The van der Waals surface area contributed by atoms with Crippen LogP contribution in [0.1, 0.15) is 32.6 Å². The predicted octanol–water partition coefficient (Wildman–Crippen LogP) is 1.93. The number of alkyl halides is 3. The van der Waals surface area contributed by atoms with Gasteiger partial charge in [-0.25, -0.2) is 0 Å². The summed E-state index contributed by atoms with van der Waals surface area (Å²) in [6.45, 7) is 1.15. The van der Waals surface area contributed by atoms with E-state index in [0.717, 1.165) is 11.3 Å². The third kappa shape index (κ3) is 8.83. The first-order chi connectivity index (χ1) is 8.81. The molecule has 0 radical (unpaired) electrons. The second kappa shape index (κ2) is 9.14. The molecule has 0 aromatic carbocycles. The highest BCUT2D eigenvalue weighted by Gasteiger charge is 2.34. The number of nitrogens with zero attached hydrogens (tertiary/aromatic N) is 1. The molecule has 114 valence electrons. The zero-order valence-electron chi connectivity index (χ0n) is 11.5. The summed E-state index contributed by atoms with van der Waals surface area (Å²) >= 11 is 0. The summed E-state index contributed by atoms with van der Waals surface area (Å²) in [5.41, 5.74) is 5.64. The average molecular weight is 284 g/mol. The number of nitrogens with two attached hydrogens (primary N) is 1. The Bertz CT molecular complexity index is 260. The lowest BCUT2D eigenvalue weighted by atomic mass is 10.1. The molecule has 0 aromatic rings. The van der Waals surface area contributed by atoms with Crippen molar-refractivity contribution in [3.63, 3.8) is 0 Å². The second-order valence-electron chi connectivity index (χ2n) is 4.47. The number of carbonyl (C=O) groups is 1. The average Bonchev–Trinajstić information content (AvgIpc) is 2.32. The van der Waals surface area contributed by atoms with Gasteiger partial charge >= 0.3 is 6.18 Å². The number of rotatable bonds is 9. The van der Waals surface area contributed by atoms with Crippen molar-refractivity contribution in [1.29, 1.82) is 0 Å². The normalized spacial score (nSPS) is 13.4. The first-order valence-corrected chi connectivity index (χ1v) is 6.41. The van der Waals surface area contributed by atoms with Gasteiger partial charge in [0, 0.05) is 20.3 Å². The highest BCUT2D eigenvalue weighted by Crippen LogP contribution is 2.17. The first-order valence-electron chi connectivity index (χ1n) is 6.41. The van der Waals surface area contributed by atoms with Gasteiger partial charge in [-0.1, -0.05) is 13.3 Å². The highest BCUT2D eigenvalue weighted by molar-refractivity contribution is 5.81. The van der Waals surface area contributed by atoms with Gasteiger partial charge in [0.15, 0.2) is 0 Å². The fourth-order valence-corrected chi connectivity index (χ4v) is 1.64. The molecule has 0 bridgehead atoms. The molecule has 0 rings (SSSR count). The Balaban J connectivity index is 4.42. The number of methoxy groups -OCH3 is 1. The Morgan fingerprint density at radius 1 is 1.37 bits per heavy atom. The zero-order valence-corrected chi connectivity index (χ0v) is 11.5. The molecule has 0 saturated heterocycles. The zero-order chi connectivity index (χ0) is 14.9. The Kier molecular flexibility index (Phi) is 8.75. The van der Waals surface area contributed by atoms with Crippen LogP contribution in [0.3, 0.4) is 0 Å². The summed E-state index contributed by atoms with van der Waals surface area (Å²) in [6, 6.07) is -0.894. The molecular weight excluding hydrogens is 261 g/mol. The number of carbonyl (C=O) groups excluding carboxylic acids is 1. The number of ether oxygens (including phenoxy) is 1. The van der Waals surface area contributed by atoms with E-state index in [1.54, 1.807) is 0 Å². The van der Waals surface area contributed by atoms with Crippen LogP contribution >= 0.6 is 0 Å². The summed E-state index contributed by atoms with van der Waals surface area (Å²) in [7, 11) is 1.52. The summed E-state index contributed by atoms with van der Waals surface area (Å²) in [4.78, 5) is 12.7. The molecule has 0 aliphatic heterocycles. The first kappa shape index (κ1) is 18.2. The van der Waals surface area contributed by atoms with Gasteiger partial charge in [0.05, 0.1) is 6.04 Å². The fraction of sp³-hybridized carbons (Fsp3) is 0.917. The van der Waals surface area contributed by atoms with E-state index in [0.29, 0.717) is 25.9 Å². The monoisotopic (exact) mass is 284 g/mol. The van der Waals surface area contributed by atoms with Gasteiger partial charge in [0.1, 0.15) is 6.54 Å². The molecule has 0 spiro atoms. The lowest BCUT2D eigenvalue weighted by Gasteiger charge is -2.26. The van der Waals surface area contributed by atoms with Gasteiger partial charge in [-0.05, 0) is 19.3 Å². The van der Waals surface area contributed by atoms with Gasteiger partial charge in [0.2, 0.25) is 5.91 Å². The van der Waals surface area contributed by atoms with Gasteiger partial charge in [-0.2, -0.15) is 13.2 Å². The van der Waals surface area contributed by atoms with Crippen LogP contribution in [0, 0.1) is 0 Å². The van der Waals surface area contributed by atoms with Crippen LogP contribution in [0.15, 0.2) is 0 Å². The van der Waals surface area contributed by atoms with Crippen molar-refractivity contribution in [2.24, 2.45) is 5.73 Å². The van der Waals surface area contributed by atoms with E-state index in [1.807, 2.05) is 6.92 Å². The van der Waals surface area contributed by atoms with E-state index in [9.17, 15) is 18.0 Å². The maximum Gasteiger partial charge on any atom is 0.406 e. The van der Waals surface area contributed by atoms with Crippen LogP contribution in [0.2, 0.25) is 0 Å². The Labute approximate surface area is 112 Å². The molecule has 0 fully saturated rings. The summed E-state index contributed by atoms with van der Waals surface area (Å²) in [5.74, 6) is -0.637. The van der Waals surface area contributed by atoms with Crippen LogP contribution in [0.25, 0.3) is 0 Å². The second-order valence-corrected chi connectivity index (χ2v) is 4.47. The van der Waals surface area contributed by atoms with E-state index in [4.69, 9.17) is 10.5 Å². The van der Waals surface area contributed by atoms with Gasteiger partial charge in [-0.3, -0.25) is 4.79 Å². The van der Waals surface area contributed by atoms with Crippen molar-refractivity contribution in [2.75, 3.05) is 26.8 Å². The lowest BCUT2D eigenvalue weighted by Crippen LogP contribution is -2.47. The van der Waals surface area contributed by atoms with Crippen LogP contribution < -0.4 is 5.73 Å². The smallest absolute Gasteiger partial charge is 0.385 e. The number of hydrogen-bond acceptors (Lipinski definition) is 3. The van der Waals surface area contributed by atoms with E-state index in [1.165, 1.54) is 7.11 Å². The molecule has 4 nitrogen and oxygen atoms in total. The molecule has 0 aliphatic rings. The van der Waals surface area contributed by atoms with Crippen LogP contribution in [-0.4, -0.2) is 49.8 Å². The van der Waals surface area contributed by atoms with Crippen molar-refractivity contribution >= 4 is 5.91 Å². The van der Waals surface area contributed by atoms with E-state index >= 15 is 0 Å². The number of unbranched alkanes of at least 4 members (excludes halogenated alkanes) is 1. The summed E-state index contributed by atoms with van der Waals surface area (Å²) < 4.78 is 42.0. The Hall–Kier alpha value is -0.820. The van der Waals surface area contributed by atoms with Crippen molar-refractivity contribution in [3.05, 3.63) is 0 Å². The highest BCUT2D eigenvalue weighted by atomic mass is 19.4. The molecular formula is C12H23F3N2O2. The van der Waals surface area contributed by atoms with E-state index in [-0.39, 0.29) is 6.54 Å². The van der Waals surface area contributed by atoms with Crippen LogP contribution in [-0.2, 0) is 9.53 Å². The molecule has 7 heteroatoms. The summed E-state index contributed by atoms with van der Waals surface area (Å²) in [5, 5.41) is 0. The maximum absolute atomic E-state index is 12.4. The van der Waals surface area contributed by atoms with Crippen molar-refractivity contribution in [3.8, 4) is 0 Å². The SMILES string of the molecule is CCCCN(CC(F)(F)F)C(=O)C(N)CCCOC. The molecule has 0 saturated carbocycles. The molecule has 1 unspecified atom stereocenters. The standard InChI is InChI=1S/C12H23F3N2O2/c1-3-4-7-17(9-12(13,14)15)11(18)10(16)6-5-8-19-2/h10H,3-9,16H2,1-2H3. The minimum Gasteiger partial charge on any atom is -0.385 e. The molecule has 0 heterocycles. The van der Waals surface area contributed by atoms with Crippen LogP contribution in [0.5, 0.6) is 0 Å². The largest absolute Gasteiger partial charge is 0.406 e. The minimum atomic E-state index is -4.39. The lowest BCUT2D eigenvalue weighted by molar-refractivity contribution is -0.162. The minimum absolute atomic E-state index is 0.0901. The Morgan fingerprint density at radius 2 is 2.00 bits per heavy atom. The van der Waals surface area contributed by atoms with E-state index in [2.05, 4.69) is 0 Å². The fourth-order valence-electron chi connectivity index (χ4n) is 1.64. The van der Waals surface area contributed by atoms with Crippen molar-refractivity contribution < 1.29 is 22.7 Å². The van der Waals surface area contributed by atoms with Crippen molar-refractivity contribution in [2.45, 2.75) is 44.8 Å².